The molecule has 0 fully saturated rings. The molecular formula is C14H19BrN2O4. The van der Waals surface area contributed by atoms with Crippen molar-refractivity contribution in [1.29, 1.82) is 0 Å². The van der Waals surface area contributed by atoms with Crippen LogP contribution in [-0.4, -0.2) is 25.5 Å². The van der Waals surface area contributed by atoms with Crippen molar-refractivity contribution in [2.45, 2.75) is 26.7 Å². The standard InChI is InChI=1S/C14H19BrN2O4/c1-4-6-12(18)16-17-14(19)9-7-10(15)13(21-5-2)11(8-9)20-3/h7-8H,4-6H2,1-3H3,(H,16,18)(H,17,19). The van der Waals surface area contributed by atoms with E-state index in [2.05, 4.69) is 26.8 Å². The lowest BCUT2D eigenvalue weighted by molar-refractivity contribution is -0.121. The smallest absolute Gasteiger partial charge is 0.269 e. The third-order valence-corrected chi connectivity index (χ3v) is 3.16. The fraction of sp³-hybridized carbons (Fsp3) is 0.429. The fourth-order valence-corrected chi connectivity index (χ4v) is 2.18. The van der Waals surface area contributed by atoms with Crippen molar-refractivity contribution >= 4 is 27.7 Å². The molecule has 0 unspecified atom stereocenters. The van der Waals surface area contributed by atoms with E-state index in [1.807, 2.05) is 13.8 Å². The van der Waals surface area contributed by atoms with E-state index in [0.29, 0.717) is 41.0 Å². The van der Waals surface area contributed by atoms with Gasteiger partial charge in [-0.1, -0.05) is 6.92 Å². The number of hydrogen-bond donors (Lipinski definition) is 2. The second kappa shape index (κ2) is 8.51. The molecule has 0 aromatic heterocycles. The van der Waals surface area contributed by atoms with Crippen LogP contribution in [0.15, 0.2) is 16.6 Å². The molecule has 0 heterocycles. The normalized spacial score (nSPS) is 9.90. The molecule has 0 bridgehead atoms. The van der Waals surface area contributed by atoms with Crippen LogP contribution in [0.2, 0.25) is 0 Å². The fourth-order valence-electron chi connectivity index (χ4n) is 1.62. The molecule has 0 aliphatic carbocycles. The SMILES string of the molecule is CCCC(=O)NNC(=O)c1cc(Br)c(OCC)c(OC)c1. The predicted octanol–water partition coefficient (Wildman–Crippen LogP) is 2.42. The minimum atomic E-state index is -0.429. The number of ether oxygens (including phenoxy) is 2. The van der Waals surface area contributed by atoms with Gasteiger partial charge in [-0.15, -0.1) is 0 Å². The Morgan fingerprint density at radius 3 is 2.52 bits per heavy atom. The van der Waals surface area contributed by atoms with Gasteiger partial charge < -0.3 is 9.47 Å². The first-order valence-corrected chi connectivity index (χ1v) is 7.42. The van der Waals surface area contributed by atoms with Crippen LogP contribution in [0.3, 0.4) is 0 Å². The van der Waals surface area contributed by atoms with Crippen LogP contribution in [0.25, 0.3) is 0 Å². The number of carbonyl (C=O) groups excluding carboxylic acids is 2. The molecule has 0 saturated carbocycles. The molecule has 1 aromatic carbocycles. The zero-order valence-electron chi connectivity index (χ0n) is 12.3. The maximum Gasteiger partial charge on any atom is 0.269 e. The number of methoxy groups -OCH3 is 1. The Kier molecular flexibility index (Phi) is 7.01. The van der Waals surface area contributed by atoms with E-state index in [1.54, 1.807) is 12.1 Å². The first kappa shape index (κ1) is 17.3. The molecule has 1 aromatic rings. The Morgan fingerprint density at radius 1 is 1.24 bits per heavy atom. The van der Waals surface area contributed by atoms with Crippen molar-refractivity contribution < 1.29 is 19.1 Å². The number of carbonyl (C=O) groups is 2. The number of rotatable bonds is 6. The lowest BCUT2D eigenvalue weighted by atomic mass is 10.2. The topological polar surface area (TPSA) is 76.7 Å². The van der Waals surface area contributed by atoms with Crippen molar-refractivity contribution in [2.75, 3.05) is 13.7 Å². The zero-order valence-corrected chi connectivity index (χ0v) is 13.9. The highest BCUT2D eigenvalue weighted by Gasteiger charge is 2.15. The third-order valence-electron chi connectivity index (χ3n) is 2.57. The highest BCUT2D eigenvalue weighted by Crippen LogP contribution is 2.36. The van der Waals surface area contributed by atoms with Gasteiger partial charge in [0.2, 0.25) is 5.91 Å². The summed E-state index contributed by atoms with van der Waals surface area (Å²) >= 11 is 3.34. The lowest BCUT2D eigenvalue weighted by Gasteiger charge is -2.13. The van der Waals surface area contributed by atoms with E-state index in [1.165, 1.54) is 7.11 Å². The van der Waals surface area contributed by atoms with Crippen molar-refractivity contribution in [1.82, 2.24) is 10.9 Å². The molecule has 0 atom stereocenters. The van der Waals surface area contributed by atoms with Gasteiger partial charge in [-0.25, -0.2) is 0 Å². The average Bonchev–Trinajstić information content (AvgIpc) is 2.47. The second-order valence-electron chi connectivity index (χ2n) is 4.17. The minimum absolute atomic E-state index is 0.234. The molecule has 0 radical (unpaired) electrons. The maximum absolute atomic E-state index is 12.0. The Hall–Kier alpha value is -1.76. The summed E-state index contributed by atoms with van der Waals surface area (Å²) in [4.78, 5) is 23.3. The molecule has 21 heavy (non-hydrogen) atoms. The summed E-state index contributed by atoms with van der Waals surface area (Å²) in [5.41, 5.74) is 5.06. The monoisotopic (exact) mass is 358 g/mol. The highest BCUT2D eigenvalue weighted by molar-refractivity contribution is 9.10. The number of hydrogen-bond acceptors (Lipinski definition) is 4. The average molecular weight is 359 g/mol. The van der Waals surface area contributed by atoms with Gasteiger partial charge in [-0.2, -0.15) is 0 Å². The number of nitrogens with one attached hydrogen (secondary N) is 2. The van der Waals surface area contributed by atoms with Gasteiger partial charge in [0.15, 0.2) is 11.5 Å². The molecular weight excluding hydrogens is 340 g/mol. The van der Waals surface area contributed by atoms with E-state index in [4.69, 9.17) is 9.47 Å². The summed E-state index contributed by atoms with van der Waals surface area (Å²) in [5.74, 6) is 0.312. The summed E-state index contributed by atoms with van der Waals surface area (Å²) in [6.45, 7) is 4.22. The van der Waals surface area contributed by atoms with Gasteiger partial charge in [0.25, 0.3) is 5.91 Å². The van der Waals surface area contributed by atoms with Gasteiger partial charge in [-0.05, 0) is 41.4 Å². The molecule has 6 nitrogen and oxygen atoms in total. The first-order valence-electron chi connectivity index (χ1n) is 6.62. The molecule has 2 N–H and O–H groups in total. The van der Waals surface area contributed by atoms with E-state index < -0.39 is 5.91 Å². The van der Waals surface area contributed by atoms with Crippen LogP contribution in [0, 0.1) is 0 Å². The quantitative estimate of drug-likeness (QED) is 0.765. The van der Waals surface area contributed by atoms with Gasteiger partial charge in [0.05, 0.1) is 18.2 Å². The predicted molar refractivity (Wildman–Crippen MR) is 82.4 cm³/mol. The molecule has 116 valence electrons. The first-order chi connectivity index (χ1) is 10.0. The summed E-state index contributed by atoms with van der Waals surface area (Å²) < 4.78 is 11.3. The zero-order chi connectivity index (χ0) is 15.8. The summed E-state index contributed by atoms with van der Waals surface area (Å²) in [7, 11) is 1.50. The Morgan fingerprint density at radius 2 is 1.95 bits per heavy atom. The van der Waals surface area contributed by atoms with Crippen molar-refractivity contribution in [3.05, 3.63) is 22.2 Å². The van der Waals surface area contributed by atoms with E-state index in [9.17, 15) is 9.59 Å². The van der Waals surface area contributed by atoms with E-state index in [0.717, 1.165) is 0 Å². The largest absolute Gasteiger partial charge is 0.493 e. The molecule has 2 amide bonds. The van der Waals surface area contributed by atoms with Gasteiger partial charge in [0, 0.05) is 12.0 Å². The van der Waals surface area contributed by atoms with Crippen LogP contribution in [0.4, 0.5) is 0 Å². The molecule has 0 saturated heterocycles. The number of halogens is 1. The van der Waals surface area contributed by atoms with Gasteiger partial charge >= 0.3 is 0 Å². The lowest BCUT2D eigenvalue weighted by Crippen LogP contribution is -2.41. The summed E-state index contributed by atoms with van der Waals surface area (Å²) in [6, 6.07) is 3.16. The van der Waals surface area contributed by atoms with E-state index in [-0.39, 0.29) is 5.91 Å². The van der Waals surface area contributed by atoms with Crippen LogP contribution in [-0.2, 0) is 4.79 Å². The Bertz CT molecular complexity index is 520. The van der Waals surface area contributed by atoms with Crippen LogP contribution < -0.4 is 20.3 Å². The number of hydrazine groups is 1. The molecule has 7 heteroatoms. The maximum atomic E-state index is 12.0. The van der Waals surface area contributed by atoms with Gasteiger partial charge in [-0.3, -0.25) is 20.4 Å². The van der Waals surface area contributed by atoms with Crippen molar-refractivity contribution in [3.63, 3.8) is 0 Å². The second-order valence-corrected chi connectivity index (χ2v) is 5.03. The van der Waals surface area contributed by atoms with Gasteiger partial charge in [0.1, 0.15) is 0 Å². The van der Waals surface area contributed by atoms with Crippen molar-refractivity contribution in [3.8, 4) is 11.5 Å². The number of benzene rings is 1. The van der Waals surface area contributed by atoms with Crippen LogP contribution >= 0.6 is 15.9 Å². The number of amides is 2. The van der Waals surface area contributed by atoms with Crippen LogP contribution in [0.5, 0.6) is 11.5 Å². The molecule has 1 rings (SSSR count). The van der Waals surface area contributed by atoms with Crippen molar-refractivity contribution in [2.24, 2.45) is 0 Å². The molecule has 0 aliphatic rings. The summed E-state index contributed by atoms with van der Waals surface area (Å²) in [5, 5.41) is 0. The summed E-state index contributed by atoms with van der Waals surface area (Å²) in [6.07, 6.45) is 1.07. The Labute approximate surface area is 132 Å². The minimum Gasteiger partial charge on any atom is -0.493 e. The van der Waals surface area contributed by atoms with Crippen LogP contribution in [0.1, 0.15) is 37.0 Å². The third kappa shape index (κ3) is 4.93. The molecule has 0 aliphatic heterocycles. The van der Waals surface area contributed by atoms with E-state index >= 15 is 0 Å². The highest BCUT2D eigenvalue weighted by atomic mass is 79.9. The molecule has 0 spiro atoms. The Balaban J connectivity index is 2.85.